The largest absolute Gasteiger partial charge is 0.355 e. The van der Waals surface area contributed by atoms with E-state index >= 15 is 0 Å². The summed E-state index contributed by atoms with van der Waals surface area (Å²) in [7, 11) is 0. The molecule has 1 N–H and O–H groups in total. The molecule has 0 saturated heterocycles. The highest BCUT2D eigenvalue weighted by Crippen LogP contribution is 2.25. The van der Waals surface area contributed by atoms with Crippen molar-refractivity contribution in [2.45, 2.75) is 6.92 Å². The molecule has 0 bridgehead atoms. The predicted octanol–water partition coefficient (Wildman–Crippen LogP) is 1.90. The van der Waals surface area contributed by atoms with E-state index in [-0.39, 0.29) is 12.5 Å². The number of benzene rings is 1. The number of hydrogen-bond acceptors (Lipinski definition) is 4. The third-order valence-corrected chi connectivity index (χ3v) is 2.45. The van der Waals surface area contributed by atoms with Gasteiger partial charge in [-0.3, -0.25) is 4.79 Å². The molecule has 2 aromatic rings. The summed E-state index contributed by atoms with van der Waals surface area (Å²) in [5.74, 6) is 0.0673. The molecule has 0 saturated carbocycles. The molecule has 0 aliphatic carbocycles. The highest BCUT2D eigenvalue weighted by molar-refractivity contribution is 6.00. The lowest BCUT2D eigenvalue weighted by Crippen LogP contribution is -2.24. The van der Waals surface area contributed by atoms with Gasteiger partial charge in [0.2, 0.25) is 0 Å². The fourth-order valence-corrected chi connectivity index (χ4v) is 1.63. The van der Waals surface area contributed by atoms with E-state index in [0.717, 1.165) is 5.56 Å². The maximum Gasteiger partial charge on any atom is 0.258 e. The molecule has 0 spiro atoms. The molecule has 0 aliphatic heterocycles. The molecule has 0 unspecified atom stereocenters. The van der Waals surface area contributed by atoms with Crippen molar-refractivity contribution < 1.29 is 9.32 Å². The number of nitrogens with one attached hydrogen (secondary N) is 1. The molecule has 2 rings (SSSR count). The molecule has 5 nitrogen and oxygen atoms in total. The van der Waals surface area contributed by atoms with Gasteiger partial charge in [-0.15, -0.1) is 0 Å². The second kappa shape index (κ2) is 5.15. The second-order valence-electron chi connectivity index (χ2n) is 3.68. The van der Waals surface area contributed by atoms with E-state index in [2.05, 4.69) is 10.5 Å². The highest BCUT2D eigenvalue weighted by Gasteiger charge is 2.21. The normalized spacial score (nSPS) is 9.78. The molecule has 0 atom stereocenters. The second-order valence-corrected chi connectivity index (χ2v) is 3.68. The smallest absolute Gasteiger partial charge is 0.258 e. The van der Waals surface area contributed by atoms with Crippen LogP contribution in [0.1, 0.15) is 16.1 Å². The molecule has 5 heteroatoms. The van der Waals surface area contributed by atoms with E-state index in [0.29, 0.717) is 17.0 Å². The van der Waals surface area contributed by atoms with E-state index in [4.69, 9.17) is 9.78 Å². The molecule has 0 aliphatic rings. The van der Waals surface area contributed by atoms with Gasteiger partial charge in [0, 0.05) is 5.56 Å². The Balaban J connectivity index is 2.40. The summed E-state index contributed by atoms with van der Waals surface area (Å²) in [5, 5.41) is 14.8. The lowest BCUT2D eigenvalue weighted by atomic mass is 10.1. The van der Waals surface area contributed by atoms with Gasteiger partial charge in [-0.05, 0) is 6.92 Å². The maximum atomic E-state index is 11.9. The Bertz CT molecular complexity index is 596. The third-order valence-electron chi connectivity index (χ3n) is 2.45. The van der Waals surface area contributed by atoms with Crippen molar-refractivity contribution >= 4 is 5.91 Å². The number of hydrogen-bond donors (Lipinski definition) is 1. The number of nitriles is 1. The van der Waals surface area contributed by atoms with Crippen molar-refractivity contribution in [2.75, 3.05) is 6.54 Å². The van der Waals surface area contributed by atoms with Crippen LogP contribution in [0.3, 0.4) is 0 Å². The van der Waals surface area contributed by atoms with Crippen LogP contribution in [0.25, 0.3) is 11.3 Å². The van der Waals surface area contributed by atoms with E-state index in [1.165, 1.54) is 0 Å². The van der Waals surface area contributed by atoms with Gasteiger partial charge in [-0.1, -0.05) is 35.5 Å². The van der Waals surface area contributed by atoms with Crippen molar-refractivity contribution in [2.24, 2.45) is 0 Å². The molecular weight excluding hydrogens is 230 g/mol. The fourth-order valence-electron chi connectivity index (χ4n) is 1.63. The van der Waals surface area contributed by atoms with Crippen molar-refractivity contribution in [3.63, 3.8) is 0 Å². The van der Waals surface area contributed by atoms with Gasteiger partial charge in [0.1, 0.15) is 12.1 Å². The van der Waals surface area contributed by atoms with E-state index < -0.39 is 0 Å². The van der Waals surface area contributed by atoms with E-state index in [1.807, 2.05) is 36.4 Å². The average molecular weight is 241 g/mol. The molecular formula is C13H11N3O2. The van der Waals surface area contributed by atoms with Crippen LogP contribution < -0.4 is 5.32 Å². The van der Waals surface area contributed by atoms with Crippen LogP contribution in [0.5, 0.6) is 0 Å². The molecule has 1 heterocycles. The van der Waals surface area contributed by atoms with Gasteiger partial charge in [0.15, 0.2) is 5.76 Å². The summed E-state index contributed by atoms with van der Waals surface area (Å²) in [6, 6.07) is 11.1. The number of aryl methyl sites for hydroxylation is 1. The first-order valence-electron chi connectivity index (χ1n) is 5.41. The number of amides is 1. The minimum atomic E-state index is -0.353. The zero-order valence-electron chi connectivity index (χ0n) is 9.80. The van der Waals surface area contributed by atoms with Gasteiger partial charge in [0.05, 0.1) is 11.8 Å². The van der Waals surface area contributed by atoms with Crippen LogP contribution in [-0.4, -0.2) is 17.6 Å². The molecule has 1 aromatic heterocycles. The van der Waals surface area contributed by atoms with Gasteiger partial charge >= 0.3 is 0 Å². The lowest BCUT2D eigenvalue weighted by Gasteiger charge is -2.01. The molecule has 0 radical (unpaired) electrons. The van der Waals surface area contributed by atoms with Crippen molar-refractivity contribution in [3.8, 4) is 17.4 Å². The number of aromatic nitrogens is 1. The summed E-state index contributed by atoms with van der Waals surface area (Å²) in [6.07, 6.45) is 0. The van der Waals surface area contributed by atoms with Crippen molar-refractivity contribution in [1.29, 1.82) is 5.26 Å². The zero-order chi connectivity index (χ0) is 13.0. The first kappa shape index (κ1) is 11.9. The number of nitrogens with zero attached hydrogens (tertiary/aromatic N) is 2. The van der Waals surface area contributed by atoms with E-state index in [1.54, 1.807) is 6.92 Å². The molecule has 18 heavy (non-hydrogen) atoms. The first-order valence-corrected chi connectivity index (χ1v) is 5.41. The Morgan fingerprint density at radius 1 is 1.44 bits per heavy atom. The average Bonchev–Trinajstić information content (AvgIpc) is 2.79. The third kappa shape index (κ3) is 2.23. The highest BCUT2D eigenvalue weighted by atomic mass is 16.5. The summed E-state index contributed by atoms with van der Waals surface area (Å²) in [6.45, 7) is 1.65. The summed E-state index contributed by atoms with van der Waals surface area (Å²) in [4.78, 5) is 11.9. The minimum absolute atomic E-state index is 0.0440. The Kier molecular flexibility index (Phi) is 3.39. The van der Waals surface area contributed by atoms with Gasteiger partial charge < -0.3 is 9.84 Å². The number of carbonyl (C=O) groups excluding carboxylic acids is 1. The Hall–Kier alpha value is -2.61. The van der Waals surface area contributed by atoms with E-state index in [9.17, 15) is 4.79 Å². The minimum Gasteiger partial charge on any atom is -0.355 e. The van der Waals surface area contributed by atoms with Gasteiger partial charge in [0.25, 0.3) is 5.91 Å². The summed E-state index contributed by atoms with van der Waals surface area (Å²) >= 11 is 0. The van der Waals surface area contributed by atoms with Crippen LogP contribution >= 0.6 is 0 Å². The Morgan fingerprint density at radius 2 is 2.17 bits per heavy atom. The van der Waals surface area contributed by atoms with Crippen LogP contribution in [-0.2, 0) is 0 Å². The van der Waals surface area contributed by atoms with Gasteiger partial charge in [-0.25, -0.2) is 0 Å². The van der Waals surface area contributed by atoms with Crippen LogP contribution in [0.2, 0.25) is 0 Å². The Morgan fingerprint density at radius 3 is 2.83 bits per heavy atom. The maximum absolute atomic E-state index is 11.9. The standard InChI is InChI=1S/C13H11N3O2/c1-9-11(13(17)15-8-7-14)12(18-16-9)10-5-3-2-4-6-10/h2-6H,8H2,1H3,(H,15,17). The van der Waals surface area contributed by atoms with Crippen LogP contribution in [0.4, 0.5) is 0 Å². The molecule has 1 amide bonds. The van der Waals surface area contributed by atoms with Crippen molar-refractivity contribution in [3.05, 3.63) is 41.6 Å². The monoisotopic (exact) mass is 241 g/mol. The first-order chi connectivity index (χ1) is 8.74. The quantitative estimate of drug-likeness (QED) is 0.832. The topological polar surface area (TPSA) is 78.9 Å². The SMILES string of the molecule is Cc1noc(-c2ccccc2)c1C(=O)NCC#N. The van der Waals surface area contributed by atoms with Crippen LogP contribution in [0.15, 0.2) is 34.9 Å². The predicted molar refractivity (Wildman–Crippen MR) is 64.6 cm³/mol. The molecule has 1 aromatic carbocycles. The number of rotatable bonds is 3. The zero-order valence-corrected chi connectivity index (χ0v) is 9.80. The molecule has 90 valence electrons. The van der Waals surface area contributed by atoms with Crippen LogP contribution in [0, 0.1) is 18.3 Å². The molecule has 0 fully saturated rings. The van der Waals surface area contributed by atoms with Gasteiger partial charge in [-0.2, -0.15) is 5.26 Å². The Labute approximate surface area is 104 Å². The summed E-state index contributed by atoms with van der Waals surface area (Å²) in [5.41, 5.74) is 1.65. The summed E-state index contributed by atoms with van der Waals surface area (Å²) < 4.78 is 5.19. The van der Waals surface area contributed by atoms with Crippen molar-refractivity contribution in [1.82, 2.24) is 10.5 Å². The number of carbonyl (C=O) groups is 1. The lowest BCUT2D eigenvalue weighted by molar-refractivity contribution is 0.0958. The fraction of sp³-hybridized carbons (Fsp3) is 0.154.